The van der Waals surface area contributed by atoms with Gasteiger partial charge in [-0.2, -0.15) is 0 Å². The summed E-state index contributed by atoms with van der Waals surface area (Å²) in [7, 11) is 0. The maximum absolute atomic E-state index is 13.5. The van der Waals surface area contributed by atoms with E-state index in [9.17, 15) is 4.39 Å². The molecule has 0 saturated heterocycles. The summed E-state index contributed by atoms with van der Waals surface area (Å²) in [4.78, 5) is 0.803. The number of halogens is 2. The Hall–Kier alpha value is -0.750. The summed E-state index contributed by atoms with van der Waals surface area (Å²) in [5, 5.41) is 0. The first-order valence-corrected chi connectivity index (χ1v) is 7.96. The number of rotatable bonds is 3. The van der Waals surface area contributed by atoms with Crippen molar-refractivity contribution in [1.82, 2.24) is 0 Å². The first-order valence-electron chi connectivity index (χ1n) is 5.90. The van der Waals surface area contributed by atoms with E-state index in [-0.39, 0.29) is 5.82 Å². The molecule has 2 N–H and O–H groups in total. The molecule has 1 nitrogen and oxygen atoms in total. The van der Waals surface area contributed by atoms with Gasteiger partial charge in [0.25, 0.3) is 0 Å². The Morgan fingerprint density at radius 3 is 2.37 bits per heavy atom. The zero-order valence-corrected chi connectivity index (χ0v) is 13.8. The van der Waals surface area contributed by atoms with Crippen LogP contribution in [0.3, 0.4) is 0 Å². The third kappa shape index (κ3) is 3.86. The fourth-order valence-corrected chi connectivity index (χ4v) is 3.37. The van der Waals surface area contributed by atoms with Crippen LogP contribution in [-0.4, -0.2) is 0 Å². The lowest BCUT2D eigenvalue weighted by atomic mass is 10.1. The van der Waals surface area contributed by atoms with E-state index in [4.69, 9.17) is 5.73 Å². The van der Waals surface area contributed by atoms with Crippen molar-refractivity contribution in [3.8, 4) is 0 Å². The van der Waals surface area contributed by atoms with Crippen LogP contribution in [-0.2, 0) is 5.75 Å². The highest BCUT2D eigenvalue weighted by atomic mass is 127. The molecule has 0 amide bonds. The normalized spacial score (nSPS) is 10.7. The van der Waals surface area contributed by atoms with Gasteiger partial charge in [-0.25, -0.2) is 4.39 Å². The number of hydrogen-bond acceptors (Lipinski definition) is 2. The molecule has 0 aliphatic rings. The second-order valence-electron chi connectivity index (χ2n) is 4.59. The van der Waals surface area contributed by atoms with Gasteiger partial charge in [0.1, 0.15) is 5.82 Å². The molecule has 0 fully saturated rings. The summed E-state index contributed by atoms with van der Waals surface area (Å²) in [5.74, 6) is 0.588. The van der Waals surface area contributed by atoms with E-state index >= 15 is 0 Å². The Kier molecular flexibility index (Phi) is 4.73. The van der Waals surface area contributed by atoms with Crippen LogP contribution >= 0.6 is 34.4 Å². The van der Waals surface area contributed by atoms with Crippen molar-refractivity contribution < 1.29 is 4.39 Å². The number of anilines is 1. The topological polar surface area (TPSA) is 26.0 Å². The molecule has 0 spiro atoms. The molecule has 0 aromatic heterocycles. The molecule has 2 aromatic carbocycles. The summed E-state index contributed by atoms with van der Waals surface area (Å²) >= 11 is 3.52. The Balaban J connectivity index is 2.16. The van der Waals surface area contributed by atoms with Gasteiger partial charge in [0, 0.05) is 16.3 Å². The highest BCUT2D eigenvalue weighted by Gasteiger charge is 2.07. The van der Waals surface area contributed by atoms with Crippen molar-refractivity contribution in [1.29, 1.82) is 0 Å². The Morgan fingerprint density at radius 1 is 1.11 bits per heavy atom. The molecule has 0 heterocycles. The van der Waals surface area contributed by atoms with Crippen LogP contribution in [0.1, 0.15) is 16.7 Å². The predicted octanol–water partition coefficient (Wildman–Crippen LogP) is 4.92. The van der Waals surface area contributed by atoms with E-state index in [0.717, 1.165) is 10.6 Å². The lowest BCUT2D eigenvalue weighted by Gasteiger charge is -2.08. The summed E-state index contributed by atoms with van der Waals surface area (Å²) in [6.45, 7) is 4.17. The van der Waals surface area contributed by atoms with Crippen molar-refractivity contribution >= 4 is 40.0 Å². The fraction of sp³-hybridized carbons (Fsp3) is 0.200. The quantitative estimate of drug-likeness (QED) is 0.460. The number of hydrogen-bond donors (Lipinski definition) is 1. The minimum Gasteiger partial charge on any atom is -0.398 e. The maximum Gasteiger partial charge on any atom is 0.137 e. The molecule has 100 valence electrons. The Bertz CT molecular complexity index is 593. The van der Waals surface area contributed by atoms with Crippen molar-refractivity contribution in [3.63, 3.8) is 0 Å². The van der Waals surface area contributed by atoms with Gasteiger partial charge in [-0.05, 0) is 54.1 Å². The van der Waals surface area contributed by atoms with Gasteiger partial charge in [0.15, 0.2) is 0 Å². The highest BCUT2D eigenvalue weighted by Crippen LogP contribution is 2.31. The Morgan fingerprint density at radius 2 is 1.74 bits per heavy atom. The smallest absolute Gasteiger partial charge is 0.137 e. The first kappa shape index (κ1) is 14.7. The molecule has 0 saturated carbocycles. The van der Waals surface area contributed by atoms with Gasteiger partial charge in [-0.1, -0.05) is 29.3 Å². The monoisotopic (exact) mass is 387 g/mol. The number of benzene rings is 2. The molecule has 4 heteroatoms. The van der Waals surface area contributed by atoms with Gasteiger partial charge < -0.3 is 5.73 Å². The van der Waals surface area contributed by atoms with Gasteiger partial charge in [0.2, 0.25) is 0 Å². The molecule has 2 rings (SSSR count). The van der Waals surface area contributed by atoms with Crippen LogP contribution in [0, 0.1) is 23.2 Å². The minimum absolute atomic E-state index is 0.210. The predicted molar refractivity (Wildman–Crippen MR) is 89.0 cm³/mol. The Labute approximate surface area is 130 Å². The number of nitrogen functional groups attached to an aromatic ring is 1. The minimum atomic E-state index is -0.210. The van der Waals surface area contributed by atoms with Crippen molar-refractivity contribution in [2.45, 2.75) is 24.5 Å². The molecule has 0 atom stereocenters. The van der Waals surface area contributed by atoms with Crippen LogP contribution in [0.5, 0.6) is 0 Å². The molecule has 0 radical (unpaired) electrons. The second kappa shape index (κ2) is 6.13. The summed E-state index contributed by atoms with van der Waals surface area (Å²) in [6.07, 6.45) is 0. The molecule has 0 aliphatic carbocycles. The molecule has 19 heavy (non-hydrogen) atoms. The number of thioether (sulfide) groups is 1. The molecule has 0 aliphatic heterocycles. The van der Waals surface area contributed by atoms with E-state index in [0.29, 0.717) is 9.26 Å². The van der Waals surface area contributed by atoms with Gasteiger partial charge >= 0.3 is 0 Å². The SMILES string of the molecule is Cc1cc(C)cc(CSc2cc(F)c(I)cc2N)c1. The van der Waals surface area contributed by atoms with Crippen LogP contribution in [0.15, 0.2) is 35.2 Å². The van der Waals surface area contributed by atoms with E-state index < -0.39 is 0 Å². The largest absolute Gasteiger partial charge is 0.398 e. The summed E-state index contributed by atoms with van der Waals surface area (Å²) in [5.41, 5.74) is 10.3. The van der Waals surface area contributed by atoms with Gasteiger partial charge in [0.05, 0.1) is 3.57 Å². The highest BCUT2D eigenvalue weighted by molar-refractivity contribution is 14.1. The molecular weight excluding hydrogens is 372 g/mol. The summed E-state index contributed by atoms with van der Waals surface area (Å²) < 4.78 is 14.1. The average molecular weight is 387 g/mol. The zero-order valence-electron chi connectivity index (χ0n) is 10.8. The number of aryl methyl sites for hydroxylation is 2. The maximum atomic E-state index is 13.5. The second-order valence-corrected chi connectivity index (χ2v) is 6.77. The third-order valence-corrected chi connectivity index (χ3v) is 4.70. The van der Waals surface area contributed by atoms with Gasteiger partial charge in [-0.15, -0.1) is 11.8 Å². The van der Waals surface area contributed by atoms with Crippen LogP contribution in [0.2, 0.25) is 0 Å². The molecular formula is C15H15FINS. The third-order valence-electron chi connectivity index (χ3n) is 2.73. The fourth-order valence-electron chi connectivity index (χ4n) is 1.98. The van der Waals surface area contributed by atoms with E-state index in [1.165, 1.54) is 22.8 Å². The molecule has 2 aromatic rings. The van der Waals surface area contributed by atoms with E-state index in [1.807, 2.05) is 22.6 Å². The average Bonchev–Trinajstić information content (AvgIpc) is 2.31. The van der Waals surface area contributed by atoms with E-state index in [2.05, 4.69) is 32.0 Å². The van der Waals surface area contributed by atoms with Crippen LogP contribution in [0.4, 0.5) is 10.1 Å². The van der Waals surface area contributed by atoms with Crippen molar-refractivity contribution in [2.75, 3.05) is 5.73 Å². The lowest BCUT2D eigenvalue weighted by molar-refractivity contribution is 0.617. The zero-order chi connectivity index (χ0) is 14.0. The van der Waals surface area contributed by atoms with Crippen LogP contribution < -0.4 is 5.73 Å². The first-order chi connectivity index (χ1) is 8.95. The molecule has 0 unspecified atom stereocenters. The van der Waals surface area contributed by atoms with Crippen molar-refractivity contribution in [2.24, 2.45) is 0 Å². The van der Waals surface area contributed by atoms with Gasteiger partial charge in [-0.3, -0.25) is 0 Å². The standard InChI is InChI=1S/C15H15FINS/c1-9-3-10(2)5-11(4-9)8-19-15-6-12(16)13(17)7-14(15)18/h3-7H,8,18H2,1-2H3. The van der Waals surface area contributed by atoms with E-state index in [1.54, 1.807) is 17.8 Å². The van der Waals surface area contributed by atoms with Crippen molar-refractivity contribution in [3.05, 3.63) is 56.4 Å². The molecule has 0 bridgehead atoms. The van der Waals surface area contributed by atoms with Crippen LogP contribution in [0.25, 0.3) is 0 Å². The summed E-state index contributed by atoms with van der Waals surface area (Å²) in [6, 6.07) is 9.65. The number of nitrogens with two attached hydrogens (primary N) is 1. The lowest BCUT2D eigenvalue weighted by Crippen LogP contribution is -1.93.